The van der Waals surface area contributed by atoms with Crippen molar-refractivity contribution in [1.29, 1.82) is 5.26 Å². The summed E-state index contributed by atoms with van der Waals surface area (Å²) < 4.78 is 0. The third kappa shape index (κ3) is 5.48. The molecular formula is C27H27N5O2. The number of benzene rings is 2. The highest BCUT2D eigenvalue weighted by molar-refractivity contribution is 6.09. The van der Waals surface area contributed by atoms with Gasteiger partial charge in [0.15, 0.2) is 0 Å². The Labute approximate surface area is 199 Å². The van der Waals surface area contributed by atoms with E-state index in [2.05, 4.69) is 21.3 Å². The van der Waals surface area contributed by atoms with E-state index in [4.69, 9.17) is 5.26 Å². The summed E-state index contributed by atoms with van der Waals surface area (Å²) >= 11 is 0. The molecule has 3 aromatic rings. The molecule has 1 aliphatic rings. The third-order valence-corrected chi connectivity index (χ3v) is 6.05. The summed E-state index contributed by atoms with van der Waals surface area (Å²) in [4.78, 5) is 34.4. The Morgan fingerprint density at radius 3 is 2.50 bits per heavy atom. The smallest absolute Gasteiger partial charge is 0.256 e. The number of carbonyl (C=O) groups is 2. The molecule has 2 amide bonds. The van der Waals surface area contributed by atoms with Crippen LogP contribution in [0.4, 0.5) is 5.69 Å². The van der Waals surface area contributed by atoms with Crippen molar-refractivity contribution in [1.82, 2.24) is 14.8 Å². The molecule has 0 spiro atoms. The van der Waals surface area contributed by atoms with Gasteiger partial charge in [-0.3, -0.25) is 19.5 Å². The average Bonchev–Trinajstić information content (AvgIpc) is 3.11. The van der Waals surface area contributed by atoms with Gasteiger partial charge in [-0.1, -0.05) is 24.3 Å². The van der Waals surface area contributed by atoms with Crippen LogP contribution in [0.3, 0.4) is 0 Å². The molecule has 0 aliphatic carbocycles. The summed E-state index contributed by atoms with van der Waals surface area (Å²) in [7, 11) is 0. The van der Waals surface area contributed by atoms with E-state index >= 15 is 0 Å². The van der Waals surface area contributed by atoms with E-state index in [1.54, 1.807) is 30.6 Å². The zero-order valence-electron chi connectivity index (χ0n) is 19.2. The topological polar surface area (TPSA) is 89.3 Å². The third-order valence-electron chi connectivity index (χ3n) is 6.05. The minimum Gasteiger partial charge on any atom is -0.337 e. The Kier molecular flexibility index (Phi) is 7.31. The molecule has 0 radical (unpaired) electrons. The van der Waals surface area contributed by atoms with Gasteiger partial charge in [0.05, 0.1) is 22.9 Å². The quantitative estimate of drug-likeness (QED) is 0.634. The number of amides is 2. The van der Waals surface area contributed by atoms with Gasteiger partial charge in [0.2, 0.25) is 0 Å². The predicted molar refractivity (Wildman–Crippen MR) is 130 cm³/mol. The fourth-order valence-corrected chi connectivity index (χ4v) is 4.15. The first-order valence-corrected chi connectivity index (χ1v) is 11.4. The summed E-state index contributed by atoms with van der Waals surface area (Å²) in [5.74, 6) is -0.343. The number of nitrogens with zero attached hydrogens (tertiary/aromatic N) is 4. The molecule has 0 bridgehead atoms. The van der Waals surface area contributed by atoms with E-state index in [0.29, 0.717) is 35.5 Å². The first-order chi connectivity index (χ1) is 16.5. The second kappa shape index (κ2) is 10.7. The van der Waals surface area contributed by atoms with E-state index in [-0.39, 0.29) is 11.8 Å². The number of aromatic nitrogens is 1. The zero-order valence-corrected chi connectivity index (χ0v) is 19.2. The van der Waals surface area contributed by atoms with Crippen molar-refractivity contribution in [2.45, 2.75) is 19.9 Å². The van der Waals surface area contributed by atoms with Crippen LogP contribution in [-0.2, 0) is 6.54 Å². The number of para-hydroxylation sites is 1. The van der Waals surface area contributed by atoms with E-state index in [0.717, 1.165) is 37.2 Å². The molecule has 0 saturated carbocycles. The van der Waals surface area contributed by atoms with Crippen LogP contribution in [-0.4, -0.2) is 52.8 Å². The predicted octanol–water partition coefficient (Wildman–Crippen LogP) is 3.86. The second-order valence-electron chi connectivity index (χ2n) is 8.42. The Morgan fingerprint density at radius 2 is 1.76 bits per heavy atom. The van der Waals surface area contributed by atoms with Crippen molar-refractivity contribution in [2.24, 2.45) is 0 Å². The van der Waals surface area contributed by atoms with Crippen molar-refractivity contribution in [3.05, 3.63) is 94.8 Å². The van der Waals surface area contributed by atoms with Crippen molar-refractivity contribution in [3.8, 4) is 6.07 Å². The molecule has 1 N–H and O–H groups in total. The lowest BCUT2D eigenvalue weighted by molar-refractivity contribution is 0.0762. The Bertz CT molecular complexity index is 1200. The van der Waals surface area contributed by atoms with Gasteiger partial charge in [0.25, 0.3) is 11.8 Å². The van der Waals surface area contributed by atoms with Crippen LogP contribution < -0.4 is 5.32 Å². The van der Waals surface area contributed by atoms with Crippen LogP contribution in [0.1, 0.15) is 43.8 Å². The highest BCUT2D eigenvalue weighted by Gasteiger charge is 2.24. The first kappa shape index (κ1) is 23.1. The van der Waals surface area contributed by atoms with Gasteiger partial charge in [-0.2, -0.15) is 5.26 Å². The lowest BCUT2D eigenvalue weighted by Gasteiger charge is -2.23. The van der Waals surface area contributed by atoms with Gasteiger partial charge in [-0.05, 0) is 54.8 Å². The molecule has 1 saturated heterocycles. The van der Waals surface area contributed by atoms with Crippen molar-refractivity contribution in [2.75, 3.05) is 31.5 Å². The lowest BCUT2D eigenvalue weighted by Crippen LogP contribution is -2.35. The minimum atomic E-state index is -0.268. The summed E-state index contributed by atoms with van der Waals surface area (Å²) in [5.41, 5.74) is 4.19. The van der Waals surface area contributed by atoms with Crippen LogP contribution in [0, 0.1) is 18.3 Å². The van der Waals surface area contributed by atoms with Gasteiger partial charge in [-0.15, -0.1) is 0 Å². The van der Waals surface area contributed by atoms with Crippen LogP contribution in [0.15, 0.2) is 67.0 Å². The van der Waals surface area contributed by atoms with Gasteiger partial charge in [0.1, 0.15) is 0 Å². The number of carbonyl (C=O) groups excluding carboxylic acids is 2. The maximum absolute atomic E-state index is 13.5. The molecule has 172 valence electrons. The molecule has 7 heteroatoms. The fourth-order valence-electron chi connectivity index (χ4n) is 4.15. The SMILES string of the molecule is Cc1cccc(C(=O)N2CCCN(Cc3ccc(C#N)cc3)CC2)c1NC(=O)c1ccncc1. The Hall–Kier alpha value is -4.02. The molecule has 1 fully saturated rings. The van der Waals surface area contributed by atoms with Gasteiger partial charge >= 0.3 is 0 Å². The molecule has 1 aliphatic heterocycles. The highest BCUT2D eigenvalue weighted by atomic mass is 16.2. The lowest BCUT2D eigenvalue weighted by atomic mass is 10.1. The molecule has 0 atom stereocenters. The summed E-state index contributed by atoms with van der Waals surface area (Å²) in [6, 6.07) is 18.6. The second-order valence-corrected chi connectivity index (χ2v) is 8.42. The number of hydrogen-bond acceptors (Lipinski definition) is 5. The number of nitriles is 1. The van der Waals surface area contributed by atoms with E-state index < -0.39 is 0 Å². The van der Waals surface area contributed by atoms with Gasteiger partial charge < -0.3 is 10.2 Å². The van der Waals surface area contributed by atoms with Gasteiger partial charge in [0, 0.05) is 50.7 Å². The minimum absolute atomic E-state index is 0.0750. The van der Waals surface area contributed by atoms with Crippen molar-refractivity contribution in [3.63, 3.8) is 0 Å². The zero-order chi connectivity index (χ0) is 23.9. The summed E-state index contributed by atoms with van der Waals surface area (Å²) in [5, 5.41) is 11.9. The Balaban J connectivity index is 1.45. The van der Waals surface area contributed by atoms with Crippen LogP contribution in [0.2, 0.25) is 0 Å². The number of aryl methyl sites for hydroxylation is 1. The van der Waals surface area contributed by atoms with E-state index in [1.165, 1.54) is 0 Å². The maximum atomic E-state index is 13.5. The molecule has 1 aromatic heterocycles. The Morgan fingerprint density at radius 1 is 1.00 bits per heavy atom. The summed E-state index contributed by atoms with van der Waals surface area (Å²) in [6.07, 6.45) is 4.01. The molecule has 2 heterocycles. The van der Waals surface area contributed by atoms with Gasteiger partial charge in [-0.25, -0.2) is 0 Å². The molecular weight excluding hydrogens is 426 g/mol. The monoisotopic (exact) mass is 453 g/mol. The fraction of sp³-hybridized carbons (Fsp3) is 0.259. The van der Waals surface area contributed by atoms with E-state index in [1.807, 2.05) is 48.2 Å². The van der Waals surface area contributed by atoms with E-state index in [9.17, 15) is 9.59 Å². The summed E-state index contributed by atoms with van der Waals surface area (Å²) in [6.45, 7) is 5.60. The molecule has 2 aromatic carbocycles. The van der Waals surface area contributed by atoms with Crippen LogP contribution in [0.25, 0.3) is 0 Å². The standard InChI is InChI=1S/C27H27N5O2/c1-20-4-2-5-24(25(20)30-26(33)23-10-12-29-13-11-23)27(34)32-15-3-14-31(16-17-32)19-22-8-6-21(18-28)7-9-22/h2,4-13H,3,14-17,19H2,1H3,(H,30,33). The van der Waals surface area contributed by atoms with Crippen molar-refractivity contribution >= 4 is 17.5 Å². The highest BCUT2D eigenvalue weighted by Crippen LogP contribution is 2.24. The van der Waals surface area contributed by atoms with Crippen LogP contribution >= 0.6 is 0 Å². The number of nitrogens with one attached hydrogen (secondary N) is 1. The molecule has 0 unspecified atom stereocenters. The van der Waals surface area contributed by atoms with Crippen molar-refractivity contribution < 1.29 is 9.59 Å². The molecule has 34 heavy (non-hydrogen) atoms. The number of anilines is 1. The number of hydrogen-bond donors (Lipinski definition) is 1. The maximum Gasteiger partial charge on any atom is 0.256 e. The molecule has 7 nitrogen and oxygen atoms in total. The van der Waals surface area contributed by atoms with Crippen LogP contribution in [0.5, 0.6) is 0 Å². The largest absolute Gasteiger partial charge is 0.337 e. The first-order valence-electron chi connectivity index (χ1n) is 11.4. The number of pyridine rings is 1. The number of rotatable bonds is 5. The normalized spacial score (nSPS) is 14.2. The molecule has 4 rings (SSSR count). The average molecular weight is 454 g/mol.